The zero-order valence-corrected chi connectivity index (χ0v) is 9.15. The van der Waals surface area contributed by atoms with Crippen molar-refractivity contribution in [3.63, 3.8) is 0 Å². The predicted molar refractivity (Wildman–Crippen MR) is 56.2 cm³/mol. The third-order valence-corrected chi connectivity index (χ3v) is 4.53. The van der Waals surface area contributed by atoms with E-state index in [2.05, 4.69) is 26.1 Å². The molecule has 1 N–H and O–H groups in total. The fourth-order valence-electron chi connectivity index (χ4n) is 0.928. The van der Waals surface area contributed by atoms with Crippen LogP contribution in [0.5, 0.6) is 0 Å². The summed E-state index contributed by atoms with van der Waals surface area (Å²) in [5.74, 6) is 1.33. The molecule has 0 aromatic heterocycles. The average molecular weight is 191 g/mol. The van der Waals surface area contributed by atoms with E-state index in [-0.39, 0.29) is 5.54 Å². The Hall–Kier alpha value is 0.660. The molecule has 0 radical (unpaired) electrons. The third kappa shape index (κ3) is 4.28. The van der Waals surface area contributed by atoms with Crippen molar-refractivity contribution in [1.29, 1.82) is 0 Å². The van der Waals surface area contributed by atoms with E-state index in [4.69, 9.17) is 0 Å². The van der Waals surface area contributed by atoms with Gasteiger partial charge in [0.1, 0.15) is 0 Å². The first-order valence-corrected chi connectivity index (χ1v) is 6.49. The highest BCUT2D eigenvalue weighted by Crippen LogP contribution is 2.37. The Labute approximate surface area is 77.5 Å². The maximum Gasteiger partial charge on any atom is 0.0284 e. The van der Waals surface area contributed by atoms with E-state index >= 15 is 0 Å². The monoisotopic (exact) mass is 191 g/mol. The van der Waals surface area contributed by atoms with Gasteiger partial charge in [-0.25, -0.2) is 0 Å². The van der Waals surface area contributed by atoms with E-state index < -0.39 is 0 Å². The molecule has 11 heavy (non-hydrogen) atoms. The summed E-state index contributed by atoms with van der Waals surface area (Å²) in [4.78, 5) is 0. The molecule has 66 valence electrons. The van der Waals surface area contributed by atoms with Crippen LogP contribution in [-0.4, -0.2) is 23.1 Å². The van der Waals surface area contributed by atoms with Crippen LogP contribution in [0.4, 0.5) is 0 Å². The first-order valence-electron chi connectivity index (χ1n) is 4.11. The lowest BCUT2D eigenvalue weighted by molar-refractivity contribution is 0.425. The highest BCUT2D eigenvalue weighted by molar-refractivity contribution is 8.77. The minimum atomic E-state index is 0.286. The van der Waals surface area contributed by atoms with Crippen LogP contribution in [0.15, 0.2) is 0 Å². The van der Waals surface area contributed by atoms with Crippen LogP contribution < -0.4 is 5.32 Å². The smallest absolute Gasteiger partial charge is 0.0284 e. The fourth-order valence-corrected chi connectivity index (χ4v) is 3.76. The Balaban J connectivity index is 2.11. The molecule has 0 aromatic carbocycles. The van der Waals surface area contributed by atoms with Gasteiger partial charge in [0.2, 0.25) is 0 Å². The quantitative estimate of drug-likeness (QED) is 0.674. The van der Waals surface area contributed by atoms with Crippen LogP contribution in [0.2, 0.25) is 0 Å². The molecule has 0 amide bonds. The number of nitrogens with one attached hydrogen (secondary N) is 1. The summed E-state index contributed by atoms with van der Waals surface area (Å²) in [7, 11) is 4.05. The summed E-state index contributed by atoms with van der Waals surface area (Å²) >= 11 is 0. The first kappa shape index (κ1) is 9.75. The topological polar surface area (TPSA) is 12.0 Å². The maximum absolute atomic E-state index is 3.53. The predicted octanol–water partition coefficient (Wildman–Crippen LogP) is 2.53. The van der Waals surface area contributed by atoms with Crippen molar-refractivity contribution in [3.05, 3.63) is 0 Å². The molecule has 1 unspecified atom stereocenters. The van der Waals surface area contributed by atoms with E-state index in [9.17, 15) is 0 Å². The molecule has 3 heteroatoms. The van der Waals surface area contributed by atoms with Crippen LogP contribution >= 0.6 is 21.6 Å². The Morgan fingerprint density at radius 1 is 1.45 bits per heavy atom. The molecule has 0 spiro atoms. The summed E-state index contributed by atoms with van der Waals surface area (Å²) in [6.07, 6.45) is 1.37. The zero-order chi connectivity index (χ0) is 8.32. The molecule has 1 atom stereocenters. The molecule has 1 aliphatic heterocycles. The molecular formula is C8H17NS2. The Bertz CT molecular complexity index is 114. The largest absolute Gasteiger partial charge is 0.311 e. The summed E-state index contributed by atoms with van der Waals surface area (Å²) in [6.45, 7) is 7.83. The van der Waals surface area contributed by atoms with Crippen molar-refractivity contribution in [2.45, 2.75) is 38.0 Å². The lowest BCUT2D eigenvalue weighted by Crippen LogP contribution is -2.39. The van der Waals surface area contributed by atoms with Gasteiger partial charge >= 0.3 is 0 Å². The van der Waals surface area contributed by atoms with Gasteiger partial charge in [-0.3, -0.25) is 0 Å². The van der Waals surface area contributed by atoms with E-state index in [0.717, 1.165) is 5.25 Å². The van der Waals surface area contributed by atoms with E-state index in [1.54, 1.807) is 0 Å². The summed E-state index contributed by atoms with van der Waals surface area (Å²) in [5.41, 5.74) is 0.286. The SMILES string of the molecule is CC(C)(C)NCC1CCSS1. The van der Waals surface area contributed by atoms with Gasteiger partial charge in [0.05, 0.1) is 0 Å². The first-order chi connectivity index (χ1) is 5.08. The molecule has 0 aromatic rings. The highest BCUT2D eigenvalue weighted by atomic mass is 33.1. The average Bonchev–Trinajstić information content (AvgIpc) is 2.32. The van der Waals surface area contributed by atoms with Gasteiger partial charge in [0.25, 0.3) is 0 Å². The Morgan fingerprint density at radius 3 is 2.64 bits per heavy atom. The van der Waals surface area contributed by atoms with Crippen LogP contribution in [0.1, 0.15) is 27.2 Å². The number of hydrogen-bond acceptors (Lipinski definition) is 3. The zero-order valence-electron chi connectivity index (χ0n) is 7.52. The van der Waals surface area contributed by atoms with Crippen molar-refractivity contribution in [2.24, 2.45) is 0 Å². The van der Waals surface area contributed by atoms with Gasteiger partial charge in [-0.15, -0.1) is 0 Å². The van der Waals surface area contributed by atoms with Gasteiger partial charge in [-0.05, 0) is 27.2 Å². The summed E-state index contributed by atoms with van der Waals surface area (Å²) in [5, 5.41) is 4.38. The van der Waals surface area contributed by atoms with Gasteiger partial charge in [-0.1, -0.05) is 21.6 Å². The molecular weight excluding hydrogens is 174 g/mol. The van der Waals surface area contributed by atoms with E-state index in [1.807, 2.05) is 21.6 Å². The molecule has 1 heterocycles. The van der Waals surface area contributed by atoms with Gasteiger partial charge < -0.3 is 5.32 Å². The van der Waals surface area contributed by atoms with Crippen molar-refractivity contribution in [3.8, 4) is 0 Å². The molecule has 1 nitrogen and oxygen atoms in total. The van der Waals surface area contributed by atoms with Gasteiger partial charge in [0.15, 0.2) is 0 Å². The third-order valence-electron chi connectivity index (χ3n) is 1.59. The minimum absolute atomic E-state index is 0.286. The van der Waals surface area contributed by atoms with Gasteiger partial charge in [-0.2, -0.15) is 0 Å². The van der Waals surface area contributed by atoms with Crippen molar-refractivity contribution < 1.29 is 0 Å². The van der Waals surface area contributed by atoms with Crippen LogP contribution in [-0.2, 0) is 0 Å². The number of hydrogen-bond donors (Lipinski definition) is 1. The molecule has 1 aliphatic rings. The molecule has 0 bridgehead atoms. The second-order valence-electron chi connectivity index (χ2n) is 3.96. The second kappa shape index (κ2) is 4.06. The molecule has 1 saturated heterocycles. The maximum atomic E-state index is 3.53. The summed E-state index contributed by atoms with van der Waals surface area (Å²) < 4.78 is 0. The molecule has 1 fully saturated rings. The minimum Gasteiger partial charge on any atom is -0.311 e. The Kier molecular flexibility index (Phi) is 3.59. The van der Waals surface area contributed by atoms with Crippen molar-refractivity contribution in [1.82, 2.24) is 5.32 Å². The normalized spacial score (nSPS) is 25.9. The van der Waals surface area contributed by atoms with Crippen molar-refractivity contribution >= 4 is 21.6 Å². The van der Waals surface area contributed by atoms with Crippen LogP contribution in [0, 0.1) is 0 Å². The van der Waals surface area contributed by atoms with E-state index in [0.29, 0.717) is 0 Å². The molecule has 1 rings (SSSR count). The van der Waals surface area contributed by atoms with Crippen molar-refractivity contribution in [2.75, 3.05) is 12.3 Å². The number of rotatable bonds is 2. The summed E-state index contributed by atoms with van der Waals surface area (Å²) in [6, 6.07) is 0. The van der Waals surface area contributed by atoms with Crippen LogP contribution in [0.3, 0.4) is 0 Å². The van der Waals surface area contributed by atoms with E-state index in [1.165, 1.54) is 18.7 Å². The fraction of sp³-hybridized carbons (Fsp3) is 1.00. The lowest BCUT2D eigenvalue weighted by atomic mass is 10.1. The standard InChI is InChI=1S/C8H17NS2/c1-8(2,3)9-6-7-4-5-10-11-7/h7,9H,4-6H2,1-3H3. The second-order valence-corrected chi connectivity index (χ2v) is 6.75. The van der Waals surface area contributed by atoms with Gasteiger partial charge in [0, 0.05) is 23.1 Å². The molecule has 0 saturated carbocycles. The Morgan fingerprint density at radius 2 is 2.18 bits per heavy atom. The molecule has 0 aliphatic carbocycles. The lowest BCUT2D eigenvalue weighted by Gasteiger charge is -2.22. The highest BCUT2D eigenvalue weighted by Gasteiger charge is 2.18. The van der Waals surface area contributed by atoms with Crippen LogP contribution in [0.25, 0.3) is 0 Å².